The van der Waals surface area contributed by atoms with Crippen LogP contribution in [0.15, 0.2) is 140 Å². The highest BCUT2D eigenvalue weighted by molar-refractivity contribution is 7.00. The van der Waals surface area contributed by atoms with Crippen molar-refractivity contribution < 1.29 is 0 Å². The van der Waals surface area contributed by atoms with Crippen molar-refractivity contribution in [1.29, 1.82) is 0 Å². The highest BCUT2D eigenvalue weighted by Gasteiger charge is 2.62. The Morgan fingerprint density at radius 1 is 0.515 bits per heavy atom. The first-order valence-electron chi connectivity index (χ1n) is 24.7. The first-order chi connectivity index (χ1) is 31.4. The molecule has 3 heterocycles. The smallest absolute Gasteiger partial charge is 0.252 e. The maximum Gasteiger partial charge on any atom is 0.252 e. The fourth-order valence-corrected chi connectivity index (χ4v) is 13.3. The Morgan fingerprint density at radius 2 is 1.15 bits per heavy atom. The number of benzene rings is 7. The van der Waals surface area contributed by atoms with Crippen LogP contribution in [0.1, 0.15) is 128 Å². The molecule has 7 aromatic rings. The number of rotatable bonds is 4. The summed E-state index contributed by atoms with van der Waals surface area (Å²) in [6.45, 7) is 26.8. The number of anilines is 8. The highest BCUT2D eigenvalue weighted by atomic mass is 15.3. The summed E-state index contributed by atoms with van der Waals surface area (Å²) in [5.41, 5.74) is 25.4. The van der Waals surface area contributed by atoms with E-state index in [-0.39, 0.29) is 33.9 Å². The molecule has 2 atom stereocenters. The fraction of sp³-hybridized carbons (Fsp3) is 0.323. The standard InChI is InChI=1S/C62H64BN3/c1-39-32-40(58(2,3)4)28-29-52(39)65-53-37-46-45-26-18-19-27-47(45)60(8,9)48(46)38-50(53)63-51-34-41(59(5,6)7)33-49-57(51)66(62(11)31-21-20-30-61(49,62)10)55-36-44(35-54(65)56(55)63)64(42-22-14-12-15-23-42)43-24-16-13-17-25-43/h12-19,22-29,32-38H,20-21,30-31H2,1-11H3. The van der Waals surface area contributed by atoms with Gasteiger partial charge in [0.05, 0.1) is 11.2 Å². The molecule has 2 unspecified atom stereocenters. The molecule has 3 nitrogen and oxygen atoms in total. The number of fused-ring (bicyclic) bond motifs is 10. The number of nitrogens with zero attached hydrogens (tertiary/aromatic N) is 3. The Bertz CT molecular complexity index is 3110. The molecule has 12 rings (SSSR count). The summed E-state index contributed by atoms with van der Waals surface area (Å²) < 4.78 is 0. The maximum absolute atomic E-state index is 2.90. The molecule has 0 spiro atoms. The Balaban J connectivity index is 1.26. The van der Waals surface area contributed by atoms with Gasteiger partial charge in [0.25, 0.3) is 6.71 Å². The highest BCUT2D eigenvalue weighted by Crippen LogP contribution is 2.63. The van der Waals surface area contributed by atoms with Crippen molar-refractivity contribution in [3.63, 3.8) is 0 Å². The molecule has 1 fully saturated rings. The number of aryl methyl sites for hydroxylation is 1. The largest absolute Gasteiger partial charge is 0.335 e. The first kappa shape index (κ1) is 41.4. The van der Waals surface area contributed by atoms with Gasteiger partial charge in [-0.2, -0.15) is 0 Å². The topological polar surface area (TPSA) is 9.72 Å². The van der Waals surface area contributed by atoms with Crippen LogP contribution in [0.4, 0.5) is 45.5 Å². The van der Waals surface area contributed by atoms with Gasteiger partial charge in [-0.25, -0.2) is 0 Å². The minimum absolute atomic E-state index is 0.0176. The predicted molar refractivity (Wildman–Crippen MR) is 283 cm³/mol. The van der Waals surface area contributed by atoms with Crippen LogP contribution < -0.4 is 31.1 Å². The van der Waals surface area contributed by atoms with Crippen molar-refractivity contribution in [1.82, 2.24) is 0 Å². The lowest BCUT2D eigenvalue weighted by Crippen LogP contribution is -2.64. The van der Waals surface area contributed by atoms with E-state index in [0.717, 1.165) is 17.8 Å². The zero-order chi connectivity index (χ0) is 45.9. The molecule has 66 heavy (non-hydrogen) atoms. The molecule has 0 radical (unpaired) electrons. The second kappa shape index (κ2) is 13.8. The van der Waals surface area contributed by atoms with Crippen molar-refractivity contribution in [2.75, 3.05) is 14.7 Å². The van der Waals surface area contributed by atoms with Crippen molar-refractivity contribution >= 4 is 68.6 Å². The quantitative estimate of drug-likeness (QED) is 0.163. The molecule has 3 aliphatic heterocycles. The molecule has 0 N–H and O–H groups in total. The van der Waals surface area contributed by atoms with Crippen LogP contribution in [0.2, 0.25) is 0 Å². The molecular weight excluding hydrogens is 798 g/mol. The Hall–Kier alpha value is -6.00. The van der Waals surface area contributed by atoms with Gasteiger partial charge in [0.1, 0.15) is 0 Å². The lowest BCUT2D eigenvalue weighted by atomic mass is 9.33. The van der Waals surface area contributed by atoms with Gasteiger partial charge in [0.15, 0.2) is 0 Å². The Labute approximate surface area is 394 Å². The Morgan fingerprint density at radius 3 is 1.82 bits per heavy atom. The molecule has 0 saturated heterocycles. The molecule has 0 aromatic heterocycles. The normalized spacial score (nSPS) is 20.6. The molecule has 0 amide bonds. The summed E-state index contributed by atoms with van der Waals surface area (Å²) in [5.74, 6) is 0. The van der Waals surface area contributed by atoms with Gasteiger partial charge < -0.3 is 14.7 Å². The van der Waals surface area contributed by atoms with E-state index in [2.05, 4.69) is 230 Å². The van der Waals surface area contributed by atoms with Crippen LogP contribution in [0.3, 0.4) is 0 Å². The van der Waals surface area contributed by atoms with Crippen LogP contribution in [0.5, 0.6) is 0 Å². The SMILES string of the molecule is Cc1cc(C(C)(C)C)ccc1N1c2cc3c(cc2B2c4cc(C(C)(C)C)cc5c4N(c4cc(N(c6ccccc6)c6ccccc6)cc1c42)C1(C)CCCCC51C)C(C)(C)c1ccccc1-3. The monoisotopic (exact) mass is 862 g/mol. The first-order valence-corrected chi connectivity index (χ1v) is 24.7. The third-order valence-electron chi connectivity index (χ3n) is 17.2. The van der Waals surface area contributed by atoms with E-state index in [1.165, 1.54) is 109 Å². The Kier molecular flexibility index (Phi) is 8.65. The van der Waals surface area contributed by atoms with Crippen molar-refractivity contribution in [3.8, 4) is 11.1 Å². The van der Waals surface area contributed by atoms with E-state index < -0.39 is 0 Å². The lowest BCUT2D eigenvalue weighted by molar-refractivity contribution is 0.195. The molecule has 2 aliphatic carbocycles. The van der Waals surface area contributed by atoms with E-state index in [9.17, 15) is 0 Å². The molecule has 330 valence electrons. The summed E-state index contributed by atoms with van der Waals surface area (Å²) in [4.78, 5) is 8.09. The van der Waals surface area contributed by atoms with E-state index in [1.807, 2.05) is 0 Å². The third kappa shape index (κ3) is 5.57. The molecule has 7 aromatic carbocycles. The van der Waals surface area contributed by atoms with E-state index in [1.54, 1.807) is 5.56 Å². The minimum Gasteiger partial charge on any atom is -0.335 e. The number of hydrogen-bond acceptors (Lipinski definition) is 3. The number of para-hydroxylation sites is 2. The summed E-state index contributed by atoms with van der Waals surface area (Å²) in [5, 5.41) is 0. The number of hydrogen-bond donors (Lipinski definition) is 0. The van der Waals surface area contributed by atoms with Gasteiger partial charge >= 0.3 is 0 Å². The average molecular weight is 862 g/mol. The molecular formula is C62H64BN3. The second-order valence-electron chi connectivity index (χ2n) is 23.4. The van der Waals surface area contributed by atoms with Crippen LogP contribution >= 0.6 is 0 Å². The van der Waals surface area contributed by atoms with Crippen LogP contribution in [0, 0.1) is 6.92 Å². The van der Waals surface area contributed by atoms with Crippen LogP contribution in [0.25, 0.3) is 11.1 Å². The fourth-order valence-electron chi connectivity index (χ4n) is 13.3. The van der Waals surface area contributed by atoms with Gasteiger partial charge in [-0.05, 0) is 147 Å². The summed E-state index contributed by atoms with van der Waals surface area (Å²) >= 11 is 0. The van der Waals surface area contributed by atoms with Crippen molar-refractivity contribution in [2.24, 2.45) is 0 Å². The second-order valence-corrected chi connectivity index (χ2v) is 23.4. The van der Waals surface area contributed by atoms with Crippen molar-refractivity contribution in [2.45, 2.75) is 129 Å². The summed E-state index contributed by atoms with van der Waals surface area (Å²) in [6.07, 6.45) is 4.84. The summed E-state index contributed by atoms with van der Waals surface area (Å²) in [7, 11) is 0. The van der Waals surface area contributed by atoms with Crippen LogP contribution in [-0.2, 0) is 21.7 Å². The van der Waals surface area contributed by atoms with Crippen molar-refractivity contribution in [3.05, 3.63) is 173 Å². The zero-order valence-electron chi connectivity index (χ0n) is 41.0. The molecule has 4 heteroatoms. The summed E-state index contributed by atoms with van der Waals surface area (Å²) in [6, 6.07) is 54.2. The van der Waals surface area contributed by atoms with E-state index in [0.29, 0.717) is 0 Å². The van der Waals surface area contributed by atoms with Gasteiger partial charge in [-0.3, -0.25) is 0 Å². The van der Waals surface area contributed by atoms with Gasteiger partial charge in [-0.15, -0.1) is 0 Å². The minimum atomic E-state index is -0.138. The zero-order valence-corrected chi connectivity index (χ0v) is 41.0. The predicted octanol–water partition coefficient (Wildman–Crippen LogP) is 14.7. The van der Waals surface area contributed by atoms with E-state index in [4.69, 9.17) is 0 Å². The van der Waals surface area contributed by atoms with Crippen LogP contribution in [-0.4, -0.2) is 12.3 Å². The van der Waals surface area contributed by atoms with E-state index >= 15 is 0 Å². The lowest BCUT2D eigenvalue weighted by Gasteiger charge is -2.53. The average Bonchev–Trinajstić information content (AvgIpc) is 3.64. The molecule has 1 saturated carbocycles. The van der Waals surface area contributed by atoms with Gasteiger partial charge in [0, 0.05) is 50.6 Å². The van der Waals surface area contributed by atoms with Gasteiger partial charge in [-0.1, -0.05) is 166 Å². The molecule has 0 bridgehead atoms. The third-order valence-corrected chi connectivity index (χ3v) is 17.2. The van der Waals surface area contributed by atoms with Gasteiger partial charge in [0.2, 0.25) is 0 Å². The molecule has 5 aliphatic rings. The maximum atomic E-state index is 2.90.